The lowest BCUT2D eigenvalue weighted by molar-refractivity contribution is -0.117. The maximum absolute atomic E-state index is 12.6. The zero-order valence-electron chi connectivity index (χ0n) is 13.4. The topological polar surface area (TPSA) is 84.0 Å². The van der Waals surface area contributed by atoms with Crippen molar-refractivity contribution in [3.05, 3.63) is 60.6 Å². The molecule has 1 aliphatic rings. The average Bonchev–Trinajstić information content (AvgIpc) is 3.47. The van der Waals surface area contributed by atoms with Crippen LogP contribution in [-0.2, 0) is 4.79 Å². The lowest BCUT2D eigenvalue weighted by Gasteiger charge is -2.09. The number of anilines is 2. The normalized spacial score (nSPS) is 13.4. The van der Waals surface area contributed by atoms with Crippen LogP contribution in [0.5, 0.6) is 0 Å². The molecule has 1 saturated carbocycles. The summed E-state index contributed by atoms with van der Waals surface area (Å²) >= 11 is 0. The van der Waals surface area contributed by atoms with Crippen molar-refractivity contribution in [3.8, 4) is 0 Å². The van der Waals surface area contributed by atoms with Gasteiger partial charge in [-0.3, -0.25) is 14.6 Å². The van der Waals surface area contributed by atoms with Gasteiger partial charge < -0.3 is 10.6 Å². The van der Waals surface area contributed by atoms with Gasteiger partial charge >= 0.3 is 0 Å². The third-order valence-corrected chi connectivity index (χ3v) is 4.14. The van der Waals surface area contributed by atoms with Crippen LogP contribution in [0.3, 0.4) is 0 Å². The van der Waals surface area contributed by atoms with E-state index in [0.29, 0.717) is 17.1 Å². The molecule has 0 bridgehead atoms. The number of benzene rings is 1. The SMILES string of the molecule is O=C(Nc1cncc2ccccc12)c1ccnc(NC(=O)C2CC2)c1. The lowest BCUT2D eigenvalue weighted by Crippen LogP contribution is -2.16. The monoisotopic (exact) mass is 332 g/mol. The van der Waals surface area contributed by atoms with E-state index in [4.69, 9.17) is 0 Å². The predicted molar refractivity (Wildman–Crippen MR) is 95.3 cm³/mol. The molecule has 0 aliphatic heterocycles. The van der Waals surface area contributed by atoms with E-state index in [2.05, 4.69) is 20.6 Å². The van der Waals surface area contributed by atoms with E-state index >= 15 is 0 Å². The Balaban J connectivity index is 1.55. The molecule has 2 aromatic heterocycles. The molecule has 1 aliphatic carbocycles. The second-order valence-electron chi connectivity index (χ2n) is 6.06. The van der Waals surface area contributed by atoms with Crippen molar-refractivity contribution in [1.29, 1.82) is 0 Å². The molecule has 124 valence electrons. The molecule has 0 unspecified atom stereocenters. The number of carbonyl (C=O) groups excluding carboxylic acids is 2. The number of pyridine rings is 2. The molecule has 2 N–H and O–H groups in total. The van der Waals surface area contributed by atoms with Gasteiger partial charge in [0.15, 0.2) is 0 Å². The summed E-state index contributed by atoms with van der Waals surface area (Å²) in [5.74, 6) is 0.160. The minimum Gasteiger partial charge on any atom is -0.320 e. The fourth-order valence-corrected chi connectivity index (χ4v) is 2.62. The molecule has 1 fully saturated rings. The molecule has 0 radical (unpaired) electrons. The van der Waals surface area contributed by atoms with Gasteiger partial charge in [-0.25, -0.2) is 4.98 Å². The quantitative estimate of drug-likeness (QED) is 0.768. The minimum absolute atomic E-state index is 0.0386. The number of nitrogens with zero attached hydrogens (tertiary/aromatic N) is 2. The second kappa shape index (κ2) is 6.32. The summed E-state index contributed by atoms with van der Waals surface area (Å²) < 4.78 is 0. The van der Waals surface area contributed by atoms with Crippen molar-refractivity contribution >= 4 is 34.1 Å². The van der Waals surface area contributed by atoms with Gasteiger partial charge in [-0.15, -0.1) is 0 Å². The minimum atomic E-state index is -0.275. The molecule has 0 spiro atoms. The molecular weight excluding hydrogens is 316 g/mol. The van der Waals surface area contributed by atoms with Gasteiger partial charge in [-0.2, -0.15) is 0 Å². The van der Waals surface area contributed by atoms with Crippen LogP contribution in [0.2, 0.25) is 0 Å². The number of fused-ring (bicyclic) bond motifs is 1. The molecule has 2 amide bonds. The number of amides is 2. The standard InChI is InChI=1S/C19H16N4O2/c24-18(12-5-6-12)23-17-9-13(7-8-21-17)19(25)22-16-11-20-10-14-3-1-2-4-15(14)16/h1-4,7-12H,5-6H2,(H,22,25)(H,21,23,24). The van der Waals surface area contributed by atoms with Gasteiger partial charge in [0.2, 0.25) is 5.91 Å². The van der Waals surface area contributed by atoms with Gasteiger partial charge in [0.05, 0.1) is 11.9 Å². The van der Waals surface area contributed by atoms with Crippen molar-refractivity contribution in [2.75, 3.05) is 10.6 Å². The van der Waals surface area contributed by atoms with E-state index in [0.717, 1.165) is 23.6 Å². The molecule has 3 aromatic rings. The zero-order chi connectivity index (χ0) is 17.2. The van der Waals surface area contributed by atoms with Gasteiger partial charge in [-0.05, 0) is 25.0 Å². The molecule has 6 nitrogen and oxygen atoms in total. The summed E-state index contributed by atoms with van der Waals surface area (Å²) in [5, 5.41) is 7.50. The molecule has 25 heavy (non-hydrogen) atoms. The summed E-state index contributed by atoms with van der Waals surface area (Å²) in [6.07, 6.45) is 6.72. The average molecular weight is 332 g/mol. The number of rotatable bonds is 4. The Bertz CT molecular complexity index is 961. The third kappa shape index (κ3) is 3.33. The molecule has 0 atom stereocenters. The Labute approximate surface area is 144 Å². The van der Waals surface area contributed by atoms with Crippen LogP contribution in [0.25, 0.3) is 10.8 Å². The van der Waals surface area contributed by atoms with Crippen molar-refractivity contribution in [2.45, 2.75) is 12.8 Å². The highest BCUT2D eigenvalue weighted by atomic mass is 16.2. The predicted octanol–water partition coefficient (Wildman–Crippen LogP) is 3.23. The Morgan fingerprint density at radius 2 is 1.88 bits per heavy atom. The number of hydrogen-bond donors (Lipinski definition) is 2. The molecule has 4 rings (SSSR count). The van der Waals surface area contributed by atoms with Crippen LogP contribution in [0.1, 0.15) is 23.2 Å². The van der Waals surface area contributed by atoms with Crippen LogP contribution in [0.4, 0.5) is 11.5 Å². The summed E-state index contributed by atoms with van der Waals surface area (Å²) in [6, 6.07) is 10.9. The molecule has 6 heteroatoms. The number of hydrogen-bond acceptors (Lipinski definition) is 4. The van der Waals surface area contributed by atoms with E-state index in [1.54, 1.807) is 24.5 Å². The maximum atomic E-state index is 12.6. The van der Waals surface area contributed by atoms with Crippen molar-refractivity contribution in [1.82, 2.24) is 9.97 Å². The maximum Gasteiger partial charge on any atom is 0.255 e. The fraction of sp³-hybridized carbons (Fsp3) is 0.158. The van der Waals surface area contributed by atoms with Gasteiger partial charge in [0, 0.05) is 34.6 Å². The zero-order valence-corrected chi connectivity index (χ0v) is 13.4. The van der Waals surface area contributed by atoms with Gasteiger partial charge in [0.1, 0.15) is 5.82 Å². The van der Waals surface area contributed by atoms with Crippen molar-refractivity contribution in [3.63, 3.8) is 0 Å². The van der Waals surface area contributed by atoms with E-state index in [1.165, 1.54) is 6.20 Å². The van der Waals surface area contributed by atoms with E-state index < -0.39 is 0 Å². The highest BCUT2D eigenvalue weighted by molar-refractivity contribution is 6.09. The fourth-order valence-electron chi connectivity index (χ4n) is 2.62. The summed E-state index contributed by atoms with van der Waals surface area (Å²) in [5.41, 5.74) is 1.07. The van der Waals surface area contributed by atoms with Crippen molar-refractivity contribution < 1.29 is 9.59 Å². The van der Waals surface area contributed by atoms with E-state index in [-0.39, 0.29) is 17.7 Å². The van der Waals surface area contributed by atoms with Crippen LogP contribution >= 0.6 is 0 Å². The Morgan fingerprint density at radius 1 is 1.04 bits per heavy atom. The summed E-state index contributed by atoms with van der Waals surface area (Å²) in [7, 11) is 0. The van der Waals surface area contributed by atoms with Crippen LogP contribution in [0, 0.1) is 5.92 Å². The van der Waals surface area contributed by atoms with Gasteiger partial charge in [-0.1, -0.05) is 24.3 Å². The third-order valence-electron chi connectivity index (χ3n) is 4.14. The lowest BCUT2D eigenvalue weighted by atomic mass is 10.1. The largest absolute Gasteiger partial charge is 0.320 e. The summed E-state index contributed by atoms with van der Waals surface area (Å²) in [6.45, 7) is 0. The smallest absolute Gasteiger partial charge is 0.255 e. The summed E-state index contributed by atoms with van der Waals surface area (Å²) in [4.78, 5) is 32.7. The molecule has 2 heterocycles. The van der Waals surface area contributed by atoms with Crippen molar-refractivity contribution in [2.24, 2.45) is 5.92 Å². The molecular formula is C19H16N4O2. The highest BCUT2D eigenvalue weighted by Gasteiger charge is 2.29. The van der Waals surface area contributed by atoms with E-state index in [9.17, 15) is 9.59 Å². The Hall–Kier alpha value is -3.28. The Kier molecular flexibility index (Phi) is 3.85. The van der Waals surface area contributed by atoms with Gasteiger partial charge in [0.25, 0.3) is 5.91 Å². The molecule has 1 aromatic carbocycles. The number of nitrogens with one attached hydrogen (secondary N) is 2. The first-order chi connectivity index (χ1) is 12.2. The first-order valence-corrected chi connectivity index (χ1v) is 8.12. The second-order valence-corrected chi connectivity index (χ2v) is 6.06. The van der Waals surface area contributed by atoms with E-state index in [1.807, 2.05) is 24.3 Å². The number of aromatic nitrogens is 2. The van der Waals surface area contributed by atoms with Crippen LogP contribution < -0.4 is 10.6 Å². The van der Waals surface area contributed by atoms with Crippen LogP contribution in [0.15, 0.2) is 55.0 Å². The Morgan fingerprint density at radius 3 is 2.72 bits per heavy atom. The highest BCUT2D eigenvalue weighted by Crippen LogP contribution is 2.30. The first kappa shape index (κ1) is 15.3. The van der Waals surface area contributed by atoms with Crippen LogP contribution in [-0.4, -0.2) is 21.8 Å². The molecule has 0 saturated heterocycles. The first-order valence-electron chi connectivity index (χ1n) is 8.12. The number of carbonyl (C=O) groups is 2.